The summed E-state index contributed by atoms with van der Waals surface area (Å²) in [6.07, 6.45) is 3.87. The summed E-state index contributed by atoms with van der Waals surface area (Å²) < 4.78 is 0. The molecular weight excluding hydrogens is 232 g/mol. The first kappa shape index (κ1) is 10.4. The minimum Gasteiger partial charge on any atom is -0.337 e. The van der Waals surface area contributed by atoms with Gasteiger partial charge in [0, 0.05) is 4.90 Å². The Bertz CT molecular complexity index is 668. The van der Waals surface area contributed by atoms with E-state index >= 15 is 0 Å². The lowest BCUT2D eigenvalue weighted by Crippen LogP contribution is -1.82. The van der Waals surface area contributed by atoms with Gasteiger partial charge in [0.1, 0.15) is 5.69 Å². The van der Waals surface area contributed by atoms with Crippen LogP contribution in [0.5, 0.6) is 0 Å². The van der Waals surface area contributed by atoms with Crippen LogP contribution in [0, 0.1) is 6.92 Å². The standard InChI is InChI=1S/C12H12N4S/c1-7-6-13-16-11(7)12-14-9-4-3-8(17-2)5-10(9)15-12/h3-6H,1-2H3,(H,13,16)(H,14,15). The smallest absolute Gasteiger partial charge is 0.156 e. The summed E-state index contributed by atoms with van der Waals surface area (Å²) >= 11 is 1.73. The molecule has 2 aromatic heterocycles. The van der Waals surface area contributed by atoms with Crippen molar-refractivity contribution in [2.75, 3.05) is 6.26 Å². The third kappa shape index (κ3) is 1.72. The number of aromatic amines is 2. The predicted octanol–water partition coefficient (Wildman–Crippen LogP) is 2.98. The third-order valence-electron chi connectivity index (χ3n) is 2.75. The molecule has 3 rings (SSSR count). The average Bonchev–Trinajstić information content (AvgIpc) is 2.93. The molecule has 0 amide bonds. The number of hydrogen-bond acceptors (Lipinski definition) is 3. The number of aryl methyl sites for hydroxylation is 1. The van der Waals surface area contributed by atoms with Crippen LogP contribution in [0.25, 0.3) is 22.6 Å². The number of rotatable bonds is 2. The maximum Gasteiger partial charge on any atom is 0.156 e. The lowest BCUT2D eigenvalue weighted by molar-refractivity contribution is 1.08. The maximum atomic E-state index is 4.56. The average molecular weight is 244 g/mol. The number of thioether (sulfide) groups is 1. The Balaban J connectivity index is 2.17. The van der Waals surface area contributed by atoms with Crippen LogP contribution >= 0.6 is 11.8 Å². The van der Waals surface area contributed by atoms with Gasteiger partial charge in [-0.15, -0.1) is 11.8 Å². The Morgan fingerprint density at radius 3 is 2.88 bits per heavy atom. The highest BCUT2D eigenvalue weighted by atomic mass is 32.2. The van der Waals surface area contributed by atoms with Crippen molar-refractivity contribution in [2.24, 2.45) is 0 Å². The van der Waals surface area contributed by atoms with E-state index in [-0.39, 0.29) is 0 Å². The van der Waals surface area contributed by atoms with Gasteiger partial charge in [-0.25, -0.2) is 4.98 Å². The SMILES string of the molecule is CSc1ccc2nc(-c3[nH]ncc3C)[nH]c2c1. The van der Waals surface area contributed by atoms with Crippen LogP contribution in [0.1, 0.15) is 5.56 Å². The zero-order valence-electron chi connectivity index (χ0n) is 9.61. The second-order valence-electron chi connectivity index (χ2n) is 3.90. The van der Waals surface area contributed by atoms with Gasteiger partial charge in [0.15, 0.2) is 5.82 Å². The van der Waals surface area contributed by atoms with Crippen LogP contribution in [0.4, 0.5) is 0 Å². The molecule has 2 N–H and O–H groups in total. The summed E-state index contributed by atoms with van der Waals surface area (Å²) in [4.78, 5) is 9.10. The van der Waals surface area contributed by atoms with Gasteiger partial charge in [0.25, 0.3) is 0 Å². The van der Waals surface area contributed by atoms with Gasteiger partial charge >= 0.3 is 0 Å². The highest BCUT2D eigenvalue weighted by molar-refractivity contribution is 7.98. The second kappa shape index (κ2) is 3.92. The molecule has 0 bridgehead atoms. The molecule has 0 saturated carbocycles. The Labute approximate surface area is 103 Å². The molecule has 5 heteroatoms. The molecular formula is C12H12N4S. The number of H-pyrrole nitrogens is 2. The Kier molecular flexibility index (Phi) is 2.40. The van der Waals surface area contributed by atoms with Crippen LogP contribution in [-0.2, 0) is 0 Å². The van der Waals surface area contributed by atoms with E-state index in [2.05, 4.69) is 38.6 Å². The summed E-state index contributed by atoms with van der Waals surface area (Å²) in [6, 6.07) is 6.23. The van der Waals surface area contributed by atoms with Crippen molar-refractivity contribution in [3.05, 3.63) is 30.0 Å². The Morgan fingerprint density at radius 1 is 1.29 bits per heavy atom. The lowest BCUT2D eigenvalue weighted by Gasteiger charge is -1.93. The summed E-state index contributed by atoms with van der Waals surface area (Å²) in [6.45, 7) is 2.01. The molecule has 0 atom stereocenters. The first-order valence-electron chi connectivity index (χ1n) is 5.32. The van der Waals surface area contributed by atoms with E-state index in [1.165, 1.54) is 4.90 Å². The fraction of sp³-hybridized carbons (Fsp3) is 0.167. The molecule has 0 aliphatic heterocycles. The number of fused-ring (bicyclic) bond motifs is 1. The molecule has 0 spiro atoms. The lowest BCUT2D eigenvalue weighted by atomic mass is 10.3. The van der Waals surface area contributed by atoms with Crippen molar-refractivity contribution in [1.29, 1.82) is 0 Å². The van der Waals surface area contributed by atoms with Crippen molar-refractivity contribution in [3.63, 3.8) is 0 Å². The quantitative estimate of drug-likeness (QED) is 0.681. The fourth-order valence-electron chi connectivity index (χ4n) is 1.82. The third-order valence-corrected chi connectivity index (χ3v) is 3.48. The summed E-state index contributed by atoms with van der Waals surface area (Å²) in [7, 11) is 0. The maximum absolute atomic E-state index is 4.56. The van der Waals surface area contributed by atoms with Gasteiger partial charge in [-0.3, -0.25) is 5.10 Å². The molecule has 0 fully saturated rings. The first-order valence-corrected chi connectivity index (χ1v) is 6.54. The van der Waals surface area contributed by atoms with Gasteiger partial charge in [-0.1, -0.05) is 0 Å². The molecule has 86 valence electrons. The van der Waals surface area contributed by atoms with Crippen molar-refractivity contribution in [1.82, 2.24) is 20.2 Å². The fourth-order valence-corrected chi connectivity index (χ4v) is 2.26. The molecule has 3 aromatic rings. The molecule has 0 unspecified atom stereocenters. The van der Waals surface area contributed by atoms with E-state index in [9.17, 15) is 0 Å². The van der Waals surface area contributed by atoms with E-state index in [1.54, 1.807) is 18.0 Å². The number of benzene rings is 1. The van der Waals surface area contributed by atoms with Gasteiger partial charge in [-0.05, 0) is 36.9 Å². The number of nitrogens with zero attached hydrogens (tertiary/aromatic N) is 2. The van der Waals surface area contributed by atoms with Crippen LogP contribution in [-0.4, -0.2) is 26.4 Å². The van der Waals surface area contributed by atoms with E-state index in [0.717, 1.165) is 28.1 Å². The highest BCUT2D eigenvalue weighted by Gasteiger charge is 2.09. The number of imidazole rings is 1. The van der Waals surface area contributed by atoms with E-state index in [1.807, 2.05) is 13.0 Å². The van der Waals surface area contributed by atoms with Crippen molar-refractivity contribution < 1.29 is 0 Å². The summed E-state index contributed by atoms with van der Waals surface area (Å²) in [5, 5.41) is 6.98. The monoisotopic (exact) mass is 244 g/mol. The van der Waals surface area contributed by atoms with Crippen LogP contribution in [0.2, 0.25) is 0 Å². The topological polar surface area (TPSA) is 57.4 Å². The van der Waals surface area contributed by atoms with Gasteiger partial charge in [-0.2, -0.15) is 5.10 Å². The van der Waals surface area contributed by atoms with E-state index in [0.29, 0.717) is 0 Å². The van der Waals surface area contributed by atoms with Gasteiger partial charge in [0.2, 0.25) is 0 Å². The molecule has 0 radical (unpaired) electrons. The highest BCUT2D eigenvalue weighted by Crippen LogP contribution is 2.24. The number of aromatic nitrogens is 4. The minimum atomic E-state index is 0.841. The number of nitrogens with one attached hydrogen (secondary N) is 2. The van der Waals surface area contributed by atoms with E-state index in [4.69, 9.17) is 0 Å². The number of hydrogen-bond donors (Lipinski definition) is 2. The molecule has 0 saturated heterocycles. The second-order valence-corrected chi connectivity index (χ2v) is 4.78. The van der Waals surface area contributed by atoms with Crippen LogP contribution in [0.3, 0.4) is 0 Å². The normalized spacial score (nSPS) is 11.2. The van der Waals surface area contributed by atoms with Crippen LogP contribution in [0.15, 0.2) is 29.3 Å². The molecule has 1 aromatic carbocycles. The van der Waals surface area contributed by atoms with Crippen molar-refractivity contribution in [2.45, 2.75) is 11.8 Å². The van der Waals surface area contributed by atoms with Gasteiger partial charge in [0.05, 0.1) is 17.2 Å². The predicted molar refractivity (Wildman–Crippen MR) is 70.2 cm³/mol. The Morgan fingerprint density at radius 2 is 2.18 bits per heavy atom. The molecule has 0 aliphatic carbocycles. The van der Waals surface area contributed by atoms with Crippen molar-refractivity contribution >= 4 is 22.8 Å². The van der Waals surface area contributed by atoms with E-state index < -0.39 is 0 Å². The molecule has 17 heavy (non-hydrogen) atoms. The van der Waals surface area contributed by atoms with Crippen LogP contribution < -0.4 is 0 Å². The summed E-state index contributed by atoms with van der Waals surface area (Å²) in [5.41, 5.74) is 4.08. The van der Waals surface area contributed by atoms with Crippen molar-refractivity contribution in [3.8, 4) is 11.5 Å². The first-order chi connectivity index (χ1) is 8.28. The zero-order valence-corrected chi connectivity index (χ0v) is 10.4. The molecule has 0 aliphatic rings. The summed E-state index contributed by atoms with van der Waals surface area (Å²) in [5.74, 6) is 0.841. The molecule has 2 heterocycles. The molecule has 4 nitrogen and oxygen atoms in total. The zero-order chi connectivity index (χ0) is 11.8. The Hall–Kier alpha value is -1.75. The van der Waals surface area contributed by atoms with Gasteiger partial charge < -0.3 is 4.98 Å². The largest absolute Gasteiger partial charge is 0.337 e. The minimum absolute atomic E-state index is 0.841.